The van der Waals surface area contributed by atoms with Gasteiger partial charge in [0.25, 0.3) is 0 Å². The molecule has 1 saturated heterocycles. The van der Waals surface area contributed by atoms with Crippen molar-refractivity contribution in [2.75, 3.05) is 19.7 Å². The van der Waals surface area contributed by atoms with Crippen molar-refractivity contribution in [2.45, 2.75) is 13.0 Å². The number of hydrogen-bond acceptors (Lipinski definition) is 3. The molecule has 0 radical (unpaired) electrons. The summed E-state index contributed by atoms with van der Waals surface area (Å²) >= 11 is 0. The summed E-state index contributed by atoms with van der Waals surface area (Å²) in [6, 6.07) is 13.1. The summed E-state index contributed by atoms with van der Waals surface area (Å²) in [6.45, 7) is 2.91. The van der Waals surface area contributed by atoms with Gasteiger partial charge >= 0.3 is 5.97 Å². The number of carbonyl (C=O) groups excluding carboxylic acids is 1. The van der Waals surface area contributed by atoms with Gasteiger partial charge in [-0.05, 0) is 30.7 Å². The minimum absolute atomic E-state index is 0.226. The van der Waals surface area contributed by atoms with Gasteiger partial charge in [0.15, 0.2) is 0 Å². The first-order valence-electron chi connectivity index (χ1n) is 8.00. The van der Waals surface area contributed by atoms with E-state index in [-0.39, 0.29) is 18.1 Å². The molecule has 5 heteroatoms. The molecule has 3 rings (SSSR count). The summed E-state index contributed by atoms with van der Waals surface area (Å²) in [5.74, 6) is -2.11. The average Bonchev–Trinajstić information content (AvgIpc) is 3.01. The van der Waals surface area contributed by atoms with Crippen molar-refractivity contribution in [3.8, 4) is 0 Å². The Bertz CT molecular complexity index is 706. The zero-order valence-electron chi connectivity index (χ0n) is 13.3. The molecule has 126 valence electrons. The second kappa shape index (κ2) is 7.53. The van der Waals surface area contributed by atoms with Crippen LogP contribution in [0.4, 0.5) is 8.78 Å². The maximum Gasteiger partial charge on any atom is 0.341 e. The largest absolute Gasteiger partial charge is 0.462 e. The molecule has 2 aromatic rings. The molecule has 1 aliphatic rings. The lowest BCUT2D eigenvalue weighted by atomic mass is 10.1. The van der Waals surface area contributed by atoms with Crippen molar-refractivity contribution in [2.24, 2.45) is 5.92 Å². The lowest BCUT2D eigenvalue weighted by molar-refractivity contribution is 0.0437. The van der Waals surface area contributed by atoms with Gasteiger partial charge in [0.05, 0.1) is 12.2 Å². The van der Waals surface area contributed by atoms with Crippen LogP contribution in [-0.4, -0.2) is 30.6 Å². The molecule has 3 nitrogen and oxygen atoms in total. The molecule has 0 amide bonds. The van der Waals surface area contributed by atoms with Crippen LogP contribution >= 0.6 is 0 Å². The van der Waals surface area contributed by atoms with Crippen LogP contribution in [0.3, 0.4) is 0 Å². The van der Waals surface area contributed by atoms with Crippen LogP contribution in [-0.2, 0) is 11.3 Å². The van der Waals surface area contributed by atoms with Crippen LogP contribution in [0.15, 0.2) is 48.5 Å². The summed E-state index contributed by atoms with van der Waals surface area (Å²) in [5.41, 5.74) is 1.03. The Morgan fingerprint density at radius 1 is 1.17 bits per heavy atom. The zero-order valence-corrected chi connectivity index (χ0v) is 13.3. The van der Waals surface area contributed by atoms with E-state index in [9.17, 15) is 13.6 Å². The Kier molecular flexibility index (Phi) is 5.20. The number of ether oxygens (including phenoxy) is 1. The topological polar surface area (TPSA) is 29.5 Å². The molecule has 0 aliphatic carbocycles. The first-order valence-corrected chi connectivity index (χ1v) is 8.00. The number of hydrogen-bond donors (Lipinski definition) is 0. The second-order valence-corrected chi connectivity index (χ2v) is 6.10. The number of likely N-dealkylation sites (tertiary alicyclic amines) is 1. The Balaban J connectivity index is 1.48. The molecule has 0 bridgehead atoms. The first-order chi connectivity index (χ1) is 11.6. The molecular weight excluding hydrogens is 312 g/mol. The SMILES string of the molecule is O=C(OC[C@H]1CCN(Cc2ccccc2)C1)c1ccc(F)cc1F. The molecule has 0 unspecified atom stereocenters. The molecule has 0 N–H and O–H groups in total. The van der Waals surface area contributed by atoms with Crippen LogP contribution in [0.1, 0.15) is 22.3 Å². The fraction of sp³-hybridized carbons (Fsp3) is 0.316. The fourth-order valence-electron chi connectivity index (χ4n) is 2.96. The fourth-order valence-corrected chi connectivity index (χ4v) is 2.96. The van der Waals surface area contributed by atoms with Gasteiger partial charge in [-0.1, -0.05) is 30.3 Å². The normalized spacial score (nSPS) is 17.8. The maximum absolute atomic E-state index is 13.6. The van der Waals surface area contributed by atoms with E-state index in [1.807, 2.05) is 18.2 Å². The molecule has 0 spiro atoms. The smallest absolute Gasteiger partial charge is 0.341 e. The van der Waals surface area contributed by atoms with Gasteiger partial charge in [0.1, 0.15) is 11.6 Å². The zero-order chi connectivity index (χ0) is 16.9. The molecule has 1 atom stereocenters. The van der Waals surface area contributed by atoms with Gasteiger partial charge in [-0.15, -0.1) is 0 Å². The van der Waals surface area contributed by atoms with Crippen LogP contribution in [0, 0.1) is 17.6 Å². The Hall–Kier alpha value is -2.27. The maximum atomic E-state index is 13.6. The third-order valence-electron chi connectivity index (χ3n) is 4.22. The second-order valence-electron chi connectivity index (χ2n) is 6.10. The quantitative estimate of drug-likeness (QED) is 0.784. The summed E-state index contributed by atoms with van der Waals surface area (Å²) in [7, 11) is 0. The van der Waals surface area contributed by atoms with Gasteiger partial charge in [0.2, 0.25) is 0 Å². The minimum Gasteiger partial charge on any atom is -0.462 e. The summed E-state index contributed by atoms with van der Waals surface area (Å²) in [6.07, 6.45) is 0.937. The van der Waals surface area contributed by atoms with Gasteiger partial charge in [-0.3, -0.25) is 4.90 Å². The predicted molar refractivity (Wildman–Crippen MR) is 86.5 cm³/mol. The van der Waals surface area contributed by atoms with Crippen LogP contribution in [0.25, 0.3) is 0 Å². The Labute approximate surface area is 139 Å². The highest BCUT2D eigenvalue weighted by Crippen LogP contribution is 2.20. The van der Waals surface area contributed by atoms with Crippen LogP contribution in [0.5, 0.6) is 0 Å². The third kappa shape index (κ3) is 4.17. The summed E-state index contributed by atoms with van der Waals surface area (Å²) in [4.78, 5) is 14.2. The van der Waals surface area contributed by atoms with Crippen molar-refractivity contribution in [3.63, 3.8) is 0 Å². The minimum atomic E-state index is -0.892. The average molecular weight is 331 g/mol. The summed E-state index contributed by atoms with van der Waals surface area (Å²) in [5, 5.41) is 0. The van der Waals surface area contributed by atoms with Gasteiger partial charge < -0.3 is 4.74 Å². The van der Waals surface area contributed by atoms with Crippen molar-refractivity contribution in [3.05, 3.63) is 71.3 Å². The van der Waals surface area contributed by atoms with Crippen molar-refractivity contribution >= 4 is 5.97 Å². The standard InChI is InChI=1S/C19H19F2NO2/c20-16-6-7-17(18(21)10-16)19(23)24-13-15-8-9-22(12-15)11-14-4-2-1-3-5-14/h1-7,10,15H,8-9,11-13H2/t15-/m0/s1. The van der Waals surface area contributed by atoms with E-state index in [2.05, 4.69) is 17.0 Å². The van der Waals surface area contributed by atoms with Gasteiger partial charge in [-0.25, -0.2) is 13.6 Å². The number of halogens is 2. The first kappa shape index (κ1) is 16.6. The number of benzene rings is 2. The van der Waals surface area contributed by atoms with E-state index in [0.717, 1.165) is 38.2 Å². The number of carbonyl (C=O) groups is 1. The van der Waals surface area contributed by atoms with Crippen LogP contribution < -0.4 is 0 Å². The molecule has 0 aromatic heterocycles. The molecule has 24 heavy (non-hydrogen) atoms. The third-order valence-corrected chi connectivity index (χ3v) is 4.22. The Morgan fingerprint density at radius 3 is 2.71 bits per heavy atom. The number of nitrogens with zero attached hydrogens (tertiary/aromatic N) is 1. The van der Waals surface area contributed by atoms with Gasteiger partial charge in [-0.2, -0.15) is 0 Å². The number of esters is 1. The van der Waals surface area contributed by atoms with Crippen molar-refractivity contribution < 1.29 is 18.3 Å². The molecule has 2 aromatic carbocycles. The van der Waals surface area contributed by atoms with Gasteiger partial charge in [0, 0.05) is 25.1 Å². The van der Waals surface area contributed by atoms with Crippen molar-refractivity contribution in [1.82, 2.24) is 4.90 Å². The highest BCUT2D eigenvalue weighted by molar-refractivity contribution is 5.89. The lowest BCUT2D eigenvalue weighted by Crippen LogP contribution is -2.22. The van der Waals surface area contributed by atoms with E-state index < -0.39 is 17.6 Å². The highest BCUT2D eigenvalue weighted by Gasteiger charge is 2.24. The molecular formula is C19H19F2NO2. The lowest BCUT2D eigenvalue weighted by Gasteiger charge is -2.16. The van der Waals surface area contributed by atoms with E-state index in [0.29, 0.717) is 6.07 Å². The highest BCUT2D eigenvalue weighted by atomic mass is 19.1. The van der Waals surface area contributed by atoms with E-state index in [1.165, 1.54) is 5.56 Å². The molecule has 1 heterocycles. The predicted octanol–water partition coefficient (Wildman–Crippen LogP) is 3.64. The van der Waals surface area contributed by atoms with E-state index >= 15 is 0 Å². The molecule has 1 aliphatic heterocycles. The Morgan fingerprint density at radius 2 is 1.96 bits per heavy atom. The monoisotopic (exact) mass is 331 g/mol. The van der Waals surface area contributed by atoms with Crippen molar-refractivity contribution in [1.29, 1.82) is 0 Å². The molecule has 1 fully saturated rings. The number of rotatable bonds is 5. The van der Waals surface area contributed by atoms with Crippen LogP contribution in [0.2, 0.25) is 0 Å². The van der Waals surface area contributed by atoms with E-state index in [4.69, 9.17) is 4.74 Å². The van der Waals surface area contributed by atoms with E-state index in [1.54, 1.807) is 0 Å². The summed E-state index contributed by atoms with van der Waals surface area (Å²) < 4.78 is 31.6. The molecule has 0 saturated carbocycles.